The minimum Gasteiger partial charge on any atom is -0.353 e. The maximum absolute atomic E-state index is 13.6. The van der Waals surface area contributed by atoms with E-state index in [1.807, 2.05) is 0 Å². The fourth-order valence-corrected chi connectivity index (χ4v) is 4.61. The SMILES string of the molecule is C[C@H](C(=O)NCCSCc1ccccc1F)N(c1ccc(F)cc1)S(C)(=O)=O. The summed E-state index contributed by atoms with van der Waals surface area (Å²) in [5.41, 5.74) is 0.798. The van der Waals surface area contributed by atoms with Gasteiger partial charge in [0.05, 0.1) is 11.9 Å². The van der Waals surface area contributed by atoms with Gasteiger partial charge in [-0.2, -0.15) is 11.8 Å². The van der Waals surface area contributed by atoms with Crippen molar-refractivity contribution in [3.8, 4) is 0 Å². The summed E-state index contributed by atoms with van der Waals surface area (Å²) in [4.78, 5) is 12.4. The Hall–Kier alpha value is -2.13. The monoisotopic (exact) mass is 428 g/mol. The summed E-state index contributed by atoms with van der Waals surface area (Å²) in [7, 11) is -3.75. The van der Waals surface area contributed by atoms with Crippen molar-refractivity contribution in [3.63, 3.8) is 0 Å². The number of sulfonamides is 1. The molecule has 2 rings (SSSR count). The van der Waals surface area contributed by atoms with Crippen molar-refractivity contribution in [3.05, 3.63) is 65.7 Å². The predicted octanol–water partition coefficient (Wildman–Crippen LogP) is 3.17. The summed E-state index contributed by atoms with van der Waals surface area (Å²) in [6, 6.07) is 10.4. The first-order valence-electron chi connectivity index (χ1n) is 8.54. The minimum atomic E-state index is -3.75. The number of nitrogens with one attached hydrogen (secondary N) is 1. The number of benzene rings is 2. The number of rotatable bonds is 9. The zero-order valence-corrected chi connectivity index (χ0v) is 17.2. The van der Waals surface area contributed by atoms with Crippen molar-refractivity contribution in [2.45, 2.75) is 18.7 Å². The summed E-state index contributed by atoms with van der Waals surface area (Å²) in [6.07, 6.45) is 0.990. The van der Waals surface area contributed by atoms with E-state index in [4.69, 9.17) is 0 Å². The summed E-state index contributed by atoms with van der Waals surface area (Å²) in [5, 5.41) is 2.68. The largest absolute Gasteiger partial charge is 0.353 e. The topological polar surface area (TPSA) is 66.5 Å². The second kappa shape index (κ2) is 9.88. The minimum absolute atomic E-state index is 0.209. The van der Waals surface area contributed by atoms with Crippen LogP contribution in [0.5, 0.6) is 0 Å². The van der Waals surface area contributed by atoms with Crippen molar-refractivity contribution in [1.82, 2.24) is 5.32 Å². The molecule has 0 saturated carbocycles. The molecule has 0 unspecified atom stereocenters. The molecule has 0 heterocycles. The molecule has 2 aromatic rings. The zero-order valence-electron chi connectivity index (χ0n) is 15.6. The third kappa shape index (κ3) is 6.20. The number of hydrogen-bond acceptors (Lipinski definition) is 4. The Bertz CT molecular complexity index is 906. The van der Waals surface area contributed by atoms with Crippen LogP contribution >= 0.6 is 11.8 Å². The lowest BCUT2D eigenvalue weighted by Gasteiger charge is -2.28. The quantitative estimate of drug-likeness (QED) is 0.623. The van der Waals surface area contributed by atoms with E-state index in [2.05, 4.69) is 5.32 Å². The normalized spacial score (nSPS) is 12.4. The molecule has 0 aliphatic carbocycles. The van der Waals surface area contributed by atoms with Crippen LogP contribution in [0.4, 0.5) is 14.5 Å². The number of amides is 1. The molecule has 0 radical (unpaired) electrons. The second-order valence-corrected chi connectivity index (χ2v) is 9.11. The molecule has 5 nitrogen and oxygen atoms in total. The van der Waals surface area contributed by atoms with E-state index in [1.165, 1.54) is 36.9 Å². The molecular weight excluding hydrogens is 406 g/mol. The first kappa shape index (κ1) is 22.2. The van der Waals surface area contributed by atoms with E-state index in [1.54, 1.807) is 18.2 Å². The van der Waals surface area contributed by atoms with Crippen molar-refractivity contribution >= 4 is 33.4 Å². The van der Waals surface area contributed by atoms with Crippen LogP contribution in [0.3, 0.4) is 0 Å². The lowest BCUT2D eigenvalue weighted by atomic mass is 10.2. The summed E-state index contributed by atoms with van der Waals surface area (Å²) in [5.74, 6) is -0.219. The van der Waals surface area contributed by atoms with Crippen LogP contribution in [0.15, 0.2) is 48.5 Å². The Morgan fingerprint density at radius 2 is 1.79 bits per heavy atom. The fourth-order valence-electron chi connectivity index (χ4n) is 2.59. The summed E-state index contributed by atoms with van der Waals surface area (Å²) < 4.78 is 51.9. The summed E-state index contributed by atoms with van der Waals surface area (Å²) >= 11 is 1.46. The van der Waals surface area contributed by atoms with Gasteiger partial charge in [-0.05, 0) is 42.8 Å². The average molecular weight is 429 g/mol. The van der Waals surface area contributed by atoms with Gasteiger partial charge in [-0.25, -0.2) is 17.2 Å². The number of thioether (sulfide) groups is 1. The van der Waals surface area contributed by atoms with E-state index >= 15 is 0 Å². The third-order valence-corrected chi connectivity index (χ3v) is 6.18. The highest BCUT2D eigenvalue weighted by Gasteiger charge is 2.28. The molecule has 9 heteroatoms. The number of carbonyl (C=O) groups excluding carboxylic acids is 1. The Morgan fingerprint density at radius 1 is 1.14 bits per heavy atom. The van der Waals surface area contributed by atoms with E-state index in [0.717, 1.165) is 22.7 Å². The Morgan fingerprint density at radius 3 is 2.39 bits per heavy atom. The molecule has 1 N–H and O–H groups in total. The van der Waals surface area contributed by atoms with Gasteiger partial charge in [0, 0.05) is 18.1 Å². The van der Waals surface area contributed by atoms with Gasteiger partial charge in [0.1, 0.15) is 17.7 Å². The van der Waals surface area contributed by atoms with Crippen LogP contribution in [0.25, 0.3) is 0 Å². The fraction of sp³-hybridized carbons (Fsp3) is 0.316. The lowest BCUT2D eigenvalue weighted by molar-refractivity contribution is -0.121. The van der Waals surface area contributed by atoms with Crippen molar-refractivity contribution in [2.75, 3.05) is 22.9 Å². The van der Waals surface area contributed by atoms with Crippen LogP contribution in [-0.2, 0) is 20.6 Å². The second-order valence-electron chi connectivity index (χ2n) is 6.15. The highest BCUT2D eigenvalue weighted by molar-refractivity contribution is 7.98. The Balaban J connectivity index is 1.90. The molecule has 0 aliphatic heterocycles. The molecule has 0 fully saturated rings. The van der Waals surface area contributed by atoms with Gasteiger partial charge in [0.25, 0.3) is 0 Å². The molecule has 2 aromatic carbocycles. The van der Waals surface area contributed by atoms with Gasteiger partial charge >= 0.3 is 0 Å². The average Bonchev–Trinajstić information content (AvgIpc) is 2.63. The van der Waals surface area contributed by atoms with Crippen LogP contribution in [0, 0.1) is 11.6 Å². The zero-order chi connectivity index (χ0) is 20.7. The maximum Gasteiger partial charge on any atom is 0.243 e. The molecule has 152 valence electrons. The summed E-state index contributed by atoms with van der Waals surface area (Å²) in [6.45, 7) is 1.77. The van der Waals surface area contributed by atoms with Gasteiger partial charge in [-0.3, -0.25) is 9.10 Å². The van der Waals surface area contributed by atoms with E-state index in [9.17, 15) is 22.0 Å². The van der Waals surface area contributed by atoms with Crippen molar-refractivity contribution < 1.29 is 22.0 Å². The van der Waals surface area contributed by atoms with Crippen LogP contribution in [0.2, 0.25) is 0 Å². The molecule has 0 aliphatic rings. The molecule has 0 saturated heterocycles. The van der Waals surface area contributed by atoms with Crippen LogP contribution < -0.4 is 9.62 Å². The van der Waals surface area contributed by atoms with Gasteiger partial charge < -0.3 is 5.32 Å². The van der Waals surface area contributed by atoms with Gasteiger partial charge in [-0.15, -0.1) is 0 Å². The molecular formula is C19H22F2N2O3S2. The molecule has 28 heavy (non-hydrogen) atoms. The first-order valence-corrected chi connectivity index (χ1v) is 11.5. The van der Waals surface area contributed by atoms with Gasteiger partial charge in [0.2, 0.25) is 15.9 Å². The van der Waals surface area contributed by atoms with Crippen molar-refractivity contribution in [2.24, 2.45) is 0 Å². The molecule has 0 aromatic heterocycles. The Kier molecular flexibility index (Phi) is 7.82. The number of halogens is 2. The standard InChI is InChI=1S/C19H22F2N2O3S2/c1-14(23(28(2,25)26)17-9-7-16(20)8-10-17)19(24)22-11-12-27-13-15-5-3-4-6-18(15)21/h3-10,14H,11-13H2,1-2H3,(H,22,24)/t14-/m1/s1. The maximum atomic E-state index is 13.6. The smallest absolute Gasteiger partial charge is 0.243 e. The van der Waals surface area contributed by atoms with Gasteiger partial charge in [0.15, 0.2) is 0 Å². The lowest BCUT2D eigenvalue weighted by Crippen LogP contribution is -2.48. The van der Waals surface area contributed by atoms with E-state index < -0.39 is 27.8 Å². The van der Waals surface area contributed by atoms with Gasteiger partial charge in [-0.1, -0.05) is 18.2 Å². The van der Waals surface area contributed by atoms with Crippen LogP contribution in [0.1, 0.15) is 12.5 Å². The van der Waals surface area contributed by atoms with E-state index in [0.29, 0.717) is 23.6 Å². The molecule has 0 bridgehead atoms. The van der Waals surface area contributed by atoms with Crippen LogP contribution in [-0.4, -0.2) is 38.9 Å². The molecule has 1 amide bonds. The number of hydrogen-bond donors (Lipinski definition) is 1. The number of carbonyl (C=O) groups is 1. The van der Waals surface area contributed by atoms with Crippen molar-refractivity contribution in [1.29, 1.82) is 0 Å². The van der Waals surface area contributed by atoms with E-state index in [-0.39, 0.29) is 11.5 Å². The predicted molar refractivity (Wildman–Crippen MR) is 109 cm³/mol. The molecule has 1 atom stereocenters. The molecule has 0 spiro atoms. The Labute approximate surface area is 168 Å². The highest BCUT2D eigenvalue weighted by atomic mass is 32.2. The highest BCUT2D eigenvalue weighted by Crippen LogP contribution is 2.21. The number of anilines is 1. The third-order valence-electron chi connectivity index (χ3n) is 3.93. The first-order chi connectivity index (χ1) is 13.2. The number of nitrogens with zero attached hydrogens (tertiary/aromatic N) is 1.